The largest absolute Gasteiger partial charge is 0.490 e. The minimum atomic E-state index is -1.05. The number of nitrogens with zero attached hydrogens (tertiary/aromatic N) is 1. The Kier molecular flexibility index (Phi) is 7.42. The summed E-state index contributed by atoms with van der Waals surface area (Å²) in [6.45, 7) is 5.44. The summed E-state index contributed by atoms with van der Waals surface area (Å²) in [4.78, 5) is 37.0. The molecule has 0 saturated carbocycles. The summed E-state index contributed by atoms with van der Waals surface area (Å²) in [6, 6.07) is 4.42. The summed E-state index contributed by atoms with van der Waals surface area (Å²) in [6.07, 6.45) is -1.05. The number of carbonyl (C=O) groups excluding carboxylic acids is 3. The molecule has 0 radical (unpaired) electrons. The van der Waals surface area contributed by atoms with Gasteiger partial charge in [0.15, 0.2) is 24.2 Å². The maximum atomic E-state index is 12.2. The normalized spacial score (nSPS) is 15.0. The van der Waals surface area contributed by atoms with Crippen molar-refractivity contribution in [3.8, 4) is 11.5 Å². The first-order valence-electron chi connectivity index (χ1n) is 8.67. The van der Waals surface area contributed by atoms with E-state index in [4.69, 9.17) is 24.7 Å². The van der Waals surface area contributed by atoms with Crippen LogP contribution in [-0.2, 0) is 19.1 Å². The van der Waals surface area contributed by atoms with Crippen LogP contribution in [0.25, 0.3) is 0 Å². The maximum Gasteiger partial charge on any atom is 0.339 e. The Labute approximate surface area is 157 Å². The maximum absolute atomic E-state index is 12.2. The van der Waals surface area contributed by atoms with Crippen LogP contribution in [0.4, 0.5) is 0 Å². The molecule has 0 bridgehead atoms. The van der Waals surface area contributed by atoms with E-state index < -0.39 is 18.0 Å². The van der Waals surface area contributed by atoms with Crippen molar-refractivity contribution in [3.63, 3.8) is 0 Å². The monoisotopic (exact) mass is 380 g/mol. The molecule has 1 fully saturated rings. The van der Waals surface area contributed by atoms with Gasteiger partial charge in [-0.1, -0.05) is 0 Å². The van der Waals surface area contributed by atoms with Crippen LogP contribution in [0.1, 0.15) is 24.2 Å². The second-order valence-electron chi connectivity index (χ2n) is 5.83. The quantitative estimate of drug-likeness (QED) is 0.647. The number of hydrogen-bond donors (Lipinski definition) is 1. The number of carbonyl (C=O) groups is 3. The number of morpholine rings is 1. The van der Waals surface area contributed by atoms with E-state index in [0.717, 1.165) is 0 Å². The van der Waals surface area contributed by atoms with Crippen molar-refractivity contribution in [3.05, 3.63) is 23.8 Å². The summed E-state index contributed by atoms with van der Waals surface area (Å²) < 4.78 is 21.2. The zero-order chi connectivity index (χ0) is 19.8. The van der Waals surface area contributed by atoms with Crippen LogP contribution in [0, 0.1) is 0 Å². The van der Waals surface area contributed by atoms with Gasteiger partial charge in [-0.25, -0.2) is 4.79 Å². The fraction of sp³-hybridized carbons (Fsp3) is 0.500. The van der Waals surface area contributed by atoms with Crippen molar-refractivity contribution in [2.75, 3.05) is 39.5 Å². The molecule has 9 heteroatoms. The summed E-state index contributed by atoms with van der Waals surface area (Å²) in [5.74, 6) is -0.973. The molecule has 1 aromatic rings. The molecule has 0 unspecified atom stereocenters. The van der Waals surface area contributed by atoms with E-state index in [-0.39, 0.29) is 18.1 Å². The molecule has 1 aliphatic heterocycles. The molecule has 2 rings (SSSR count). The first kappa shape index (κ1) is 20.5. The number of benzene rings is 1. The molecule has 2 amide bonds. The Bertz CT molecular complexity index is 686. The molecule has 2 N–H and O–H groups in total. The molecule has 0 aliphatic carbocycles. The van der Waals surface area contributed by atoms with Crippen LogP contribution in [0.15, 0.2) is 18.2 Å². The zero-order valence-corrected chi connectivity index (χ0v) is 15.4. The fourth-order valence-electron chi connectivity index (χ4n) is 2.35. The molecule has 1 saturated heterocycles. The standard InChI is InChI=1S/C18H24N2O7/c1-3-25-15-10-13(18(23)27-12(2)17(19)22)4-5-14(15)26-11-16(21)20-6-8-24-9-7-20/h4-5,10,12H,3,6-9,11H2,1-2H3,(H2,19,22)/t12-/m0/s1. The summed E-state index contributed by atoms with van der Waals surface area (Å²) >= 11 is 0. The number of ether oxygens (including phenoxy) is 4. The molecular formula is C18H24N2O7. The van der Waals surface area contributed by atoms with E-state index in [0.29, 0.717) is 44.4 Å². The molecule has 1 atom stereocenters. The van der Waals surface area contributed by atoms with Crippen molar-refractivity contribution in [1.29, 1.82) is 0 Å². The Morgan fingerprint density at radius 1 is 1.19 bits per heavy atom. The third kappa shape index (κ3) is 5.85. The van der Waals surface area contributed by atoms with Gasteiger partial charge in [-0.2, -0.15) is 0 Å². The highest BCUT2D eigenvalue weighted by Gasteiger charge is 2.20. The first-order chi connectivity index (χ1) is 12.9. The van der Waals surface area contributed by atoms with Crippen molar-refractivity contribution < 1.29 is 33.3 Å². The Hall–Kier alpha value is -2.81. The van der Waals surface area contributed by atoms with Gasteiger partial charge in [0.25, 0.3) is 11.8 Å². The summed E-state index contributed by atoms with van der Waals surface area (Å²) in [7, 11) is 0. The van der Waals surface area contributed by atoms with Crippen LogP contribution in [0.3, 0.4) is 0 Å². The number of amides is 2. The van der Waals surface area contributed by atoms with Gasteiger partial charge in [0.1, 0.15) is 0 Å². The van der Waals surface area contributed by atoms with E-state index in [1.165, 1.54) is 25.1 Å². The second-order valence-corrected chi connectivity index (χ2v) is 5.83. The van der Waals surface area contributed by atoms with E-state index in [1.807, 2.05) is 0 Å². The highest BCUT2D eigenvalue weighted by Crippen LogP contribution is 2.29. The van der Waals surface area contributed by atoms with Gasteiger partial charge >= 0.3 is 5.97 Å². The molecule has 1 heterocycles. The fourth-order valence-corrected chi connectivity index (χ4v) is 2.35. The van der Waals surface area contributed by atoms with Crippen molar-refractivity contribution >= 4 is 17.8 Å². The van der Waals surface area contributed by atoms with Crippen LogP contribution >= 0.6 is 0 Å². The lowest BCUT2D eigenvalue weighted by molar-refractivity contribution is -0.137. The van der Waals surface area contributed by atoms with E-state index >= 15 is 0 Å². The lowest BCUT2D eigenvalue weighted by Crippen LogP contribution is -2.43. The lowest BCUT2D eigenvalue weighted by Gasteiger charge is -2.26. The molecule has 1 aliphatic rings. The third-order valence-corrected chi connectivity index (χ3v) is 3.88. The predicted molar refractivity (Wildman–Crippen MR) is 94.6 cm³/mol. The predicted octanol–water partition coefficient (Wildman–Crippen LogP) is 0.354. The SMILES string of the molecule is CCOc1cc(C(=O)O[C@@H](C)C(N)=O)ccc1OCC(=O)N1CCOCC1. The Balaban J connectivity index is 2.04. The number of rotatable bonds is 8. The third-order valence-electron chi connectivity index (χ3n) is 3.88. The number of esters is 1. The minimum absolute atomic E-state index is 0.150. The number of hydrogen-bond acceptors (Lipinski definition) is 7. The Morgan fingerprint density at radius 2 is 1.89 bits per heavy atom. The summed E-state index contributed by atoms with van der Waals surface area (Å²) in [5.41, 5.74) is 5.27. The van der Waals surface area contributed by atoms with Crippen LogP contribution in [0.5, 0.6) is 11.5 Å². The van der Waals surface area contributed by atoms with E-state index in [2.05, 4.69) is 0 Å². The molecule has 1 aromatic carbocycles. The Morgan fingerprint density at radius 3 is 2.52 bits per heavy atom. The van der Waals surface area contributed by atoms with E-state index in [1.54, 1.807) is 11.8 Å². The van der Waals surface area contributed by atoms with Gasteiger partial charge < -0.3 is 29.6 Å². The highest BCUT2D eigenvalue weighted by molar-refractivity contribution is 5.92. The molecule has 9 nitrogen and oxygen atoms in total. The topological polar surface area (TPSA) is 117 Å². The van der Waals surface area contributed by atoms with Crippen LogP contribution in [0.2, 0.25) is 0 Å². The van der Waals surface area contributed by atoms with Crippen LogP contribution in [-0.4, -0.2) is 68.3 Å². The minimum Gasteiger partial charge on any atom is -0.490 e. The van der Waals surface area contributed by atoms with E-state index in [9.17, 15) is 14.4 Å². The molecule has 0 spiro atoms. The molecular weight excluding hydrogens is 356 g/mol. The smallest absolute Gasteiger partial charge is 0.339 e. The van der Waals surface area contributed by atoms with Gasteiger partial charge in [-0.15, -0.1) is 0 Å². The second kappa shape index (κ2) is 9.77. The number of primary amides is 1. The van der Waals surface area contributed by atoms with Gasteiger partial charge in [-0.3, -0.25) is 9.59 Å². The van der Waals surface area contributed by atoms with Gasteiger partial charge in [0, 0.05) is 13.1 Å². The van der Waals surface area contributed by atoms with Crippen molar-refractivity contribution in [1.82, 2.24) is 4.90 Å². The van der Waals surface area contributed by atoms with Gasteiger partial charge in [0.2, 0.25) is 0 Å². The van der Waals surface area contributed by atoms with Crippen molar-refractivity contribution in [2.24, 2.45) is 5.73 Å². The first-order valence-corrected chi connectivity index (χ1v) is 8.67. The van der Waals surface area contributed by atoms with Gasteiger partial charge in [-0.05, 0) is 32.0 Å². The van der Waals surface area contributed by atoms with Gasteiger partial charge in [0.05, 0.1) is 25.4 Å². The zero-order valence-electron chi connectivity index (χ0n) is 15.4. The number of nitrogens with two attached hydrogens (primary N) is 1. The molecule has 27 heavy (non-hydrogen) atoms. The summed E-state index contributed by atoms with van der Waals surface area (Å²) in [5, 5.41) is 0. The van der Waals surface area contributed by atoms with Crippen LogP contribution < -0.4 is 15.2 Å². The average Bonchev–Trinajstić information content (AvgIpc) is 2.67. The molecule has 148 valence electrons. The average molecular weight is 380 g/mol. The highest BCUT2D eigenvalue weighted by atomic mass is 16.5. The lowest BCUT2D eigenvalue weighted by atomic mass is 10.2. The molecule has 0 aromatic heterocycles. The van der Waals surface area contributed by atoms with Crippen molar-refractivity contribution in [2.45, 2.75) is 20.0 Å².